The Balaban J connectivity index is 3.00. The number of benzene rings is 1. The molecule has 1 rings (SSSR count). The number of nitriles is 1. The standard InChI is InChI=1S/C13H18N2O2S/c1-11(2)8-9-18(16,17)15(3)13-7-5-4-6-12(13)10-14/h4-7,11H,8-9H2,1-3H3. The summed E-state index contributed by atoms with van der Waals surface area (Å²) in [7, 11) is -1.87. The summed E-state index contributed by atoms with van der Waals surface area (Å²) in [6.45, 7) is 3.97. The third-order valence-corrected chi connectivity index (χ3v) is 4.52. The predicted octanol–water partition coefficient (Wildman–Crippen LogP) is 2.37. The molecule has 0 radical (unpaired) electrons. The first-order chi connectivity index (χ1) is 8.38. The van der Waals surface area contributed by atoms with Crippen LogP contribution in [0.25, 0.3) is 0 Å². The van der Waals surface area contributed by atoms with Crippen molar-refractivity contribution in [1.29, 1.82) is 5.26 Å². The van der Waals surface area contributed by atoms with Crippen molar-refractivity contribution in [2.75, 3.05) is 17.1 Å². The van der Waals surface area contributed by atoms with Crippen LogP contribution in [-0.2, 0) is 10.0 Å². The molecule has 0 N–H and O–H groups in total. The number of hydrogen-bond acceptors (Lipinski definition) is 3. The molecule has 0 aromatic heterocycles. The smallest absolute Gasteiger partial charge is 0.234 e. The lowest BCUT2D eigenvalue weighted by Crippen LogP contribution is -2.30. The average molecular weight is 266 g/mol. The molecule has 98 valence electrons. The monoisotopic (exact) mass is 266 g/mol. The van der Waals surface area contributed by atoms with Crippen LogP contribution >= 0.6 is 0 Å². The maximum Gasteiger partial charge on any atom is 0.234 e. The Morgan fingerprint density at radius 2 is 1.94 bits per heavy atom. The maximum atomic E-state index is 12.1. The van der Waals surface area contributed by atoms with E-state index in [1.807, 2.05) is 19.9 Å². The van der Waals surface area contributed by atoms with Crippen molar-refractivity contribution >= 4 is 15.7 Å². The largest absolute Gasteiger partial charge is 0.272 e. The fourth-order valence-electron chi connectivity index (χ4n) is 1.51. The van der Waals surface area contributed by atoms with Crippen LogP contribution in [0.2, 0.25) is 0 Å². The van der Waals surface area contributed by atoms with Crippen LogP contribution < -0.4 is 4.31 Å². The van der Waals surface area contributed by atoms with Crippen LogP contribution in [0.3, 0.4) is 0 Å². The zero-order chi connectivity index (χ0) is 13.8. The molecule has 0 fully saturated rings. The van der Waals surface area contributed by atoms with Crippen LogP contribution in [0.5, 0.6) is 0 Å². The Labute approximate surface area is 109 Å². The van der Waals surface area contributed by atoms with E-state index in [1.165, 1.54) is 11.4 Å². The highest BCUT2D eigenvalue weighted by Gasteiger charge is 2.20. The van der Waals surface area contributed by atoms with E-state index in [-0.39, 0.29) is 5.75 Å². The lowest BCUT2D eigenvalue weighted by Gasteiger charge is -2.20. The lowest BCUT2D eigenvalue weighted by molar-refractivity contribution is 0.572. The molecule has 0 heterocycles. The number of anilines is 1. The molecule has 0 unspecified atom stereocenters. The van der Waals surface area contributed by atoms with Gasteiger partial charge in [0.1, 0.15) is 6.07 Å². The fraction of sp³-hybridized carbons (Fsp3) is 0.462. The van der Waals surface area contributed by atoms with Crippen molar-refractivity contribution in [3.05, 3.63) is 29.8 Å². The Morgan fingerprint density at radius 1 is 1.33 bits per heavy atom. The zero-order valence-corrected chi connectivity index (χ0v) is 11.7. The number of nitrogens with zero attached hydrogens (tertiary/aromatic N) is 2. The Kier molecular flexibility index (Phi) is 4.74. The van der Waals surface area contributed by atoms with Crippen LogP contribution in [0.15, 0.2) is 24.3 Å². The summed E-state index contributed by atoms with van der Waals surface area (Å²) in [6.07, 6.45) is 0.612. The van der Waals surface area contributed by atoms with E-state index < -0.39 is 10.0 Å². The second kappa shape index (κ2) is 5.87. The minimum atomic E-state index is -3.36. The van der Waals surface area contributed by atoms with Gasteiger partial charge < -0.3 is 0 Å². The normalized spacial score (nSPS) is 11.3. The quantitative estimate of drug-likeness (QED) is 0.822. The van der Waals surface area contributed by atoms with Crippen LogP contribution in [0.1, 0.15) is 25.8 Å². The first-order valence-corrected chi connectivity index (χ1v) is 7.45. The molecular weight excluding hydrogens is 248 g/mol. The molecule has 1 aromatic rings. The van der Waals surface area contributed by atoms with Crippen LogP contribution in [-0.4, -0.2) is 21.2 Å². The van der Waals surface area contributed by atoms with Gasteiger partial charge >= 0.3 is 0 Å². The lowest BCUT2D eigenvalue weighted by atomic mass is 10.2. The van der Waals surface area contributed by atoms with Gasteiger partial charge in [0.25, 0.3) is 0 Å². The summed E-state index contributed by atoms with van der Waals surface area (Å²) >= 11 is 0. The summed E-state index contributed by atoms with van der Waals surface area (Å²) in [5.74, 6) is 0.431. The molecule has 0 amide bonds. The third-order valence-electron chi connectivity index (χ3n) is 2.73. The van der Waals surface area contributed by atoms with Crippen molar-refractivity contribution in [3.63, 3.8) is 0 Å². The minimum absolute atomic E-state index is 0.0981. The first-order valence-electron chi connectivity index (χ1n) is 5.84. The molecule has 0 saturated heterocycles. The molecular formula is C13H18N2O2S. The zero-order valence-electron chi connectivity index (χ0n) is 10.9. The molecule has 0 spiro atoms. The molecule has 4 nitrogen and oxygen atoms in total. The highest BCUT2D eigenvalue weighted by atomic mass is 32.2. The van der Waals surface area contributed by atoms with Gasteiger partial charge in [-0.25, -0.2) is 8.42 Å². The molecule has 0 aliphatic carbocycles. The van der Waals surface area contributed by atoms with Crippen molar-refractivity contribution in [3.8, 4) is 6.07 Å². The molecule has 1 aromatic carbocycles. The van der Waals surface area contributed by atoms with E-state index in [0.29, 0.717) is 23.6 Å². The predicted molar refractivity (Wildman–Crippen MR) is 72.8 cm³/mol. The summed E-state index contributed by atoms with van der Waals surface area (Å²) in [6, 6.07) is 8.71. The maximum absolute atomic E-state index is 12.1. The van der Waals surface area contributed by atoms with E-state index >= 15 is 0 Å². The molecule has 5 heteroatoms. The van der Waals surface area contributed by atoms with E-state index in [2.05, 4.69) is 0 Å². The van der Waals surface area contributed by atoms with Crippen molar-refractivity contribution in [2.24, 2.45) is 5.92 Å². The SMILES string of the molecule is CC(C)CCS(=O)(=O)N(C)c1ccccc1C#N. The molecule has 0 aliphatic rings. The average Bonchev–Trinajstić information content (AvgIpc) is 2.35. The molecule has 0 bridgehead atoms. The van der Waals surface area contributed by atoms with Gasteiger partial charge in [-0.15, -0.1) is 0 Å². The Hall–Kier alpha value is -1.54. The number of para-hydroxylation sites is 1. The van der Waals surface area contributed by atoms with Gasteiger partial charge in [0, 0.05) is 7.05 Å². The van der Waals surface area contributed by atoms with Gasteiger partial charge in [-0.05, 0) is 24.5 Å². The van der Waals surface area contributed by atoms with Crippen molar-refractivity contribution in [2.45, 2.75) is 20.3 Å². The molecule has 0 aliphatic heterocycles. The highest BCUT2D eigenvalue weighted by Crippen LogP contribution is 2.21. The number of rotatable bonds is 5. The van der Waals surface area contributed by atoms with Gasteiger partial charge in [0.05, 0.1) is 17.0 Å². The van der Waals surface area contributed by atoms with E-state index in [0.717, 1.165) is 0 Å². The second-order valence-electron chi connectivity index (χ2n) is 4.59. The van der Waals surface area contributed by atoms with E-state index in [4.69, 9.17) is 5.26 Å². The van der Waals surface area contributed by atoms with E-state index in [9.17, 15) is 8.42 Å². The van der Waals surface area contributed by atoms with Gasteiger partial charge in [-0.3, -0.25) is 4.31 Å². The Bertz CT molecular complexity index is 544. The molecule has 0 saturated carbocycles. The van der Waals surface area contributed by atoms with Crippen LogP contribution in [0, 0.1) is 17.2 Å². The van der Waals surface area contributed by atoms with Crippen LogP contribution in [0.4, 0.5) is 5.69 Å². The summed E-state index contributed by atoms with van der Waals surface area (Å²) in [4.78, 5) is 0. The molecule has 0 atom stereocenters. The van der Waals surface area contributed by atoms with Crippen molar-refractivity contribution < 1.29 is 8.42 Å². The number of sulfonamides is 1. The summed E-state index contributed by atoms with van der Waals surface area (Å²) in [5, 5.41) is 8.98. The minimum Gasteiger partial charge on any atom is -0.272 e. The van der Waals surface area contributed by atoms with E-state index in [1.54, 1.807) is 24.3 Å². The van der Waals surface area contributed by atoms with Crippen molar-refractivity contribution in [1.82, 2.24) is 0 Å². The highest BCUT2D eigenvalue weighted by molar-refractivity contribution is 7.92. The first kappa shape index (κ1) is 14.5. The van der Waals surface area contributed by atoms with Gasteiger partial charge in [-0.1, -0.05) is 26.0 Å². The second-order valence-corrected chi connectivity index (χ2v) is 6.71. The van der Waals surface area contributed by atoms with Gasteiger partial charge in [0.2, 0.25) is 10.0 Å². The molecule has 18 heavy (non-hydrogen) atoms. The Morgan fingerprint density at radius 3 is 2.50 bits per heavy atom. The number of hydrogen-bond donors (Lipinski definition) is 0. The topological polar surface area (TPSA) is 61.2 Å². The van der Waals surface area contributed by atoms with Gasteiger partial charge in [0.15, 0.2) is 0 Å². The fourth-order valence-corrected chi connectivity index (χ4v) is 3.02. The van der Waals surface area contributed by atoms with Gasteiger partial charge in [-0.2, -0.15) is 5.26 Å². The third kappa shape index (κ3) is 3.47. The summed E-state index contributed by atoms with van der Waals surface area (Å²) in [5.41, 5.74) is 0.803. The summed E-state index contributed by atoms with van der Waals surface area (Å²) < 4.78 is 25.4.